The van der Waals surface area contributed by atoms with Gasteiger partial charge >= 0.3 is 11.9 Å². The molecule has 1 aromatic rings. The van der Waals surface area contributed by atoms with E-state index in [1.807, 2.05) is 13.0 Å². The number of thioether (sulfide) groups is 1. The Balaban J connectivity index is 2.73. The largest absolute Gasteiger partial charge is 0.508 e. The summed E-state index contributed by atoms with van der Waals surface area (Å²) in [5.41, 5.74) is 0.891. The number of benzene rings is 1. The lowest BCUT2D eigenvalue weighted by Gasteiger charge is -2.20. The third-order valence-corrected chi connectivity index (χ3v) is 4.32. The summed E-state index contributed by atoms with van der Waals surface area (Å²) in [4.78, 5) is 21.4. The van der Waals surface area contributed by atoms with E-state index in [1.54, 1.807) is 18.2 Å². The summed E-state index contributed by atoms with van der Waals surface area (Å²) in [5.74, 6) is -1.10. The molecule has 1 rings (SSSR count). The Morgan fingerprint density at radius 1 is 1.24 bits per heavy atom. The molecule has 0 saturated heterocycles. The van der Waals surface area contributed by atoms with Crippen molar-refractivity contribution in [3.8, 4) is 5.75 Å². The minimum Gasteiger partial charge on any atom is -0.508 e. The highest BCUT2D eigenvalue weighted by Gasteiger charge is 2.18. The monoisotopic (exact) mass is 312 g/mol. The molecule has 0 radical (unpaired) electrons. The zero-order valence-electron chi connectivity index (χ0n) is 11.9. The number of phenolic OH excluding ortho intramolecular Hbond substituents is 1. The van der Waals surface area contributed by atoms with E-state index in [1.165, 1.54) is 11.8 Å². The number of hydrogen-bond donors (Lipinski definition) is 3. The Bertz CT molecular complexity index is 489. The predicted molar refractivity (Wildman–Crippen MR) is 81.6 cm³/mol. The van der Waals surface area contributed by atoms with Gasteiger partial charge in [0.2, 0.25) is 0 Å². The van der Waals surface area contributed by atoms with E-state index in [4.69, 9.17) is 10.2 Å². The third-order valence-electron chi connectivity index (χ3n) is 3.02. The van der Waals surface area contributed by atoms with Gasteiger partial charge in [-0.15, -0.1) is 0 Å². The first-order valence-corrected chi connectivity index (χ1v) is 7.77. The van der Waals surface area contributed by atoms with Gasteiger partial charge in [-0.05, 0) is 30.0 Å². The lowest BCUT2D eigenvalue weighted by atomic mass is 9.98. The fraction of sp³-hybridized carbons (Fsp3) is 0.467. The number of carboxylic acid groups (broad SMARTS) is 2. The molecule has 2 unspecified atom stereocenters. The Kier molecular flexibility index (Phi) is 7.08. The molecule has 5 nitrogen and oxygen atoms in total. The standard InChI is InChI=1S/C15H20O5S/c1-10(8-15(19)20)7-13(21-6-5-14(17)18)11-3-2-4-12(16)9-11/h2-4,9-10,13,16H,5-8H2,1H3,(H,17,18)(H,19,20). The Morgan fingerprint density at radius 3 is 2.52 bits per heavy atom. The molecular formula is C15H20O5S. The fourth-order valence-corrected chi connectivity index (χ4v) is 3.44. The van der Waals surface area contributed by atoms with Crippen molar-refractivity contribution in [2.45, 2.75) is 31.4 Å². The van der Waals surface area contributed by atoms with Gasteiger partial charge in [0.25, 0.3) is 0 Å². The van der Waals surface area contributed by atoms with E-state index in [0.717, 1.165) is 5.56 Å². The summed E-state index contributed by atoms with van der Waals surface area (Å²) in [6.45, 7) is 1.86. The smallest absolute Gasteiger partial charge is 0.304 e. The van der Waals surface area contributed by atoms with Crippen LogP contribution in [-0.4, -0.2) is 33.0 Å². The number of rotatable bonds is 9. The molecule has 116 valence electrons. The van der Waals surface area contributed by atoms with E-state index in [9.17, 15) is 14.7 Å². The van der Waals surface area contributed by atoms with Crippen LogP contribution in [0.1, 0.15) is 37.0 Å². The number of aliphatic carboxylic acids is 2. The predicted octanol–water partition coefficient (Wildman–Crippen LogP) is 3.14. The third kappa shape index (κ3) is 7.04. The summed E-state index contributed by atoms with van der Waals surface area (Å²) < 4.78 is 0. The summed E-state index contributed by atoms with van der Waals surface area (Å²) in [6, 6.07) is 6.82. The summed E-state index contributed by atoms with van der Waals surface area (Å²) in [7, 11) is 0. The van der Waals surface area contributed by atoms with Gasteiger partial charge in [-0.25, -0.2) is 0 Å². The maximum Gasteiger partial charge on any atom is 0.304 e. The second-order valence-electron chi connectivity index (χ2n) is 5.04. The Labute approximate surface area is 128 Å². The molecule has 21 heavy (non-hydrogen) atoms. The van der Waals surface area contributed by atoms with Crippen molar-refractivity contribution in [3.05, 3.63) is 29.8 Å². The molecule has 0 aliphatic carbocycles. The summed E-state index contributed by atoms with van der Waals surface area (Å²) >= 11 is 1.48. The molecular weight excluding hydrogens is 292 g/mol. The van der Waals surface area contributed by atoms with Crippen molar-refractivity contribution >= 4 is 23.7 Å². The van der Waals surface area contributed by atoms with E-state index >= 15 is 0 Å². The number of carbonyl (C=O) groups is 2. The quantitative estimate of drug-likeness (QED) is 0.648. The molecule has 0 saturated carbocycles. The maximum atomic E-state index is 10.8. The van der Waals surface area contributed by atoms with Crippen LogP contribution in [0, 0.1) is 5.92 Å². The van der Waals surface area contributed by atoms with Crippen LogP contribution in [0.5, 0.6) is 5.75 Å². The molecule has 2 atom stereocenters. The second-order valence-corrected chi connectivity index (χ2v) is 6.35. The maximum absolute atomic E-state index is 10.8. The van der Waals surface area contributed by atoms with Crippen LogP contribution < -0.4 is 0 Å². The Hall–Kier alpha value is -1.69. The summed E-state index contributed by atoms with van der Waals surface area (Å²) in [6.07, 6.45) is 0.766. The number of phenols is 1. The van der Waals surface area contributed by atoms with Gasteiger partial charge in [-0.1, -0.05) is 19.1 Å². The number of carboxylic acids is 2. The molecule has 0 heterocycles. The average molecular weight is 312 g/mol. The van der Waals surface area contributed by atoms with Crippen LogP contribution in [0.25, 0.3) is 0 Å². The molecule has 6 heteroatoms. The molecule has 0 spiro atoms. The number of hydrogen-bond acceptors (Lipinski definition) is 4. The molecule has 0 aliphatic rings. The van der Waals surface area contributed by atoms with Gasteiger partial charge in [0.1, 0.15) is 5.75 Å². The topological polar surface area (TPSA) is 94.8 Å². The van der Waals surface area contributed by atoms with Crippen LogP contribution in [0.3, 0.4) is 0 Å². The minimum atomic E-state index is -0.851. The lowest BCUT2D eigenvalue weighted by molar-refractivity contribution is -0.138. The Morgan fingerprint density at radius 2 is 1.95 bits per heavy atom. The zero-order valence-corrected chi connectivity index (χ0v) is 12.7. The van der Waals surface area contributed by atoms with Crippen molar-refractivity contribution in [2.75, 3.05) is 5.75 Å². The summed E-state index contributed by atoms with van der Waals surface area (Å²) in [5, 5.41) is 27.1. The van der Waals surface area contributed by atoms with E-state index in [2.05, 4.69) is 0 Å². The van der Waals surface area contributed by atoms with Gasteiger partial charge < -0.3 is 15.3 Å². The first-order chi connectivity index (χ1) is 9.88. The lowest BCUT2D eigenvalue weighted by Crippen LogP contribution is -2.09. The van der Waals surface area contributed by atoms with Crippen LogP contribution in [0.2, 0.25) is 0 Å². The van der Waals surface area contributed by atoms with Crippen LogP contribution >= 0.6 is 11.8 Å². The van der Waals surface area contributed by atoms with Crippen molar-refractivity contribution < 1.29 is 24.9 Å². The van der Waals surface area contributed by atoms with Gasteiger partial charge in [0.15, 0.2) is 0 Å². The highest BCUT2D eigenvalue weighted by Crippen LogP contribution is 2.37. The molecule has 0 amide bonds. The highest BCUT2D eigenvalue weighted by atomic mass is 32.2. The molecule has 0 aliphatic heterocycles. The van der Waals surface area contributed by atoms with Crippen molar-refractivity contribution in [1.82, 2.24) is 0 Å². The van der Waals surface area contributed by atoms with Crippen molar-refractivity contribution in [3.63, 3.8) is 0 Å². The van der Waals surface area contributed by atoms with Crippen molar-refractivity contribution in [2.24, 2.45) is 5.92 Å². The minimum absolute atomic E-state index is 0.0211. The fourth-order valence-electron chi connectivity index (χ4n) is 2.06. The second kappa shape index (κ2) is 8.56. The van der Waals surface area contributed by atoms with Crippen LogP contribution in [-0.2, 0) is 9.59 Å². The van der Waals surface area contributed by atoms with E-state index < -0.39 is 11.9 Å². The van der Waals surface area contributed by atoms with Gasteiger partial charge in [0.05, 0.1) is 6.42 Å². The molecule has 0 bridgehead atoms. The average Bonchev–Trinajstić information content (AvgIpc) is 2.36. The molecule has 0 fully saturated rings. The van der Waals surface area contributed by atoms with Crippen molar-refractivity contribution in [1.29, 1.82) is 0 Å². The first-order valence-electron chi connectivity index (χ1n) is 6.72. The van der Waals surface area contributed by atoms with E-state index in [0.29, 0.717) is 12.2 Å². The molecule has 0 aromatic heterocycles. The van der Waals surface area contributed by atoms with Gasteiger partial charge in [0, 0.05) is 17.4 Å². The van der Waals surface area contributed by atoms with Gasteiger partial charge in [-0.2, -0.15) is 11.8 Å². The highest BCUT2D eigenvalue weighted by molar-refractivity contribution is 7.99. The normalized spacial score (nSPS) is 13.6. The molecule has 1 aromatic carbocycles. The van der Waals surface area contributed by atoms with E-state index in [-0.39, 0.29) is 29.8 Å². The van der Waals surface area contributed by atoms with Gasteiger partial charge in [-0.3, -0.25) is 9.59 Å². The van der Waals surface area contributed by atoms with Crippen LogP contribution in [0.15, 0.2) is 24.3 Å². The van der Waals surface area contributed by atoms with Crippen LogP contribution in [0.4, 0.5) is 0 Å². The first kappa shape index (κ1) is 17.4. The SMILES string of the molecule is CC(CC(=O)O)CC(SCCC(=O)O)c1cccc(O)c1. The number of aromatic hydroxyl groups is 1. The molecule has 3 N–H and O–H groups in total. The zero-order chi connectivity index (χ0) is 15.8.